The molecule has 1 fully saturated rings. The average Bonchev–Trinajstić information content (AvgIpc) is 2.09. The van der Waals surface area contributed by atoms with Crippen molar-refractivity contribution >= 4 is 5.78 Å². The molecule has 76 valence electrons. The molecule has 2 atom stereocenters. The van der Waals surface area contributed by atoms with Gasteiger partial charge in [0, 0.05) is 13.7 Å². The summed E-state index contributed by atoms with van der Waals surface area (Å²) in [4.78, 5) is 11.6. The maximum absolute atomic E-state index is 11.6. The first-order valence-corrected chi connectivity index (χ1v) is 5.29. The van der Waals surface area contributed by atoms with Crippen molar-refractivity contribution in [1.82, 2.24) is 0 Å². The van der Waals surface area contributed by atoms with Crippen LogP contribution in [-0.2, 0) is 4.79 Å². The zero-order valence-electron chi connectivity index (χ0n) is 10.1. The Labute approximate surface area is 83.3 Å². The van der Waals surface area contributed by atoms with Crippen LogP contribution < -0.4 is 0 Å². The van der Waals surface area contributed by atoms with Crippen LogP contribution in [0.25, 0.3) is 0 Å². The van der Waals surface area contributed by atoms with Crippen LogP contribution in [0.15, 0.2) is 0 Å². The summed E-state index contributed by atoms with van der Waals surface area (Å²) in [6.45, 7) is 6.92. The molecule has 0 radical (unpaired) electrons. The highest BCUT2D eigenvalue weighted by atomic mass is 16.1. The highest BCUT2D eigenvalue weighted by Crippen LogP contribution is 2.40. The molecule has 13 heavy (non-hydrogen) atoms. The number of ketones is 1. The minimum absolute atomic E-state index is 0.178. The summed E-state index contributed by atoms with van der Waals surface area (Å²) in [5.41, 5.74) is 0.178. The van der Waals surface area contributed by atoms with Crippen molar-refractivity contribution in [2.45, 2.75) is 53.4 Å². The van der Waals surface area contributed by atoms with Crippen molar-refractivity contribution in [1.29, 1.82) is 0 Å². The van der Waals surface area contributed by atoms with E-state index in [2.05, 4.69) is 13.8 Å². The summed E-state index contributed by atoms with van der Waals surface area (Å²) in [6, 6.07) is 0. The Morgan fingerprint density at radius 3 is 2.77 bits per heavy atom. The lowest BCUT2D eigenvalue weighted by atomic mass is 9.67. The molecule has 1 unspecified atom stereocenters. The Kier molecular flexibility index (Phi) is 2.71. The van der Waals surface area contributed by atoms with Crippen LogP contribution in [0.4, 0.5) is 0 Å². The van der Waals surface area contributed by atoms with E-state index in [-0.39, 0.29) is 11.3 Å². The molecule has 1 rings (SSSR count). The Hall–Kier alpha value is -0.330. The lowest BCUT2D eigenvalue weighted by Gasteiger charge is -2.37. The number of hydrogen-bond donors (Lipinski definition) is 0. The lowest BCUT2D eigenvalue weighted by Crippen LogP contribution is -2.32. The van der Waals surface area contributed by atoms with Gasteiger partial charge in [0.15, 0.2) is 0 Å². The molecule has 1 saturated carbocycles. The third kappa shape index (κ3) is 2.32. The summed E-state index contributed by atoms with van der Waals surface area (Å²) < 4.78 is 7.28. The summed E-state index contributed by atoms with van der Waals surface area (Å²) >= 11 is 0. The zero-order chi connectivity index (χ0) is 10.8. The van der Waals surface area contributed by atoms with Crippen LogP contribution in [0, 0.1) is 17.3 Å². The molecule has 1 heteroatoms. The molecule has 0 N–H and O–H groups in total. The van der Waals surface area contributed by atoms with Crippen molar-refractivity contribution in [3.63, 3.8) is 0 Å². The second kappa shape index (κ2) is 3.81. The van der Waals surface area contributed by atoms with E-state index in [0.29, 0.717) is 18.6 Å². The first-order valence-electron chi connectivity index (χ1n) is 6.00. The summed E-state index contributed by atoms with van der Waals surface area (Å²) in [6.07, 6.45) is 3.87. The Morgan fingerprint density at radius 2 is 2.23 bits per heavy atom. The van der Waals surface area contributed by atoms with E-state index in [1.54, 1.807) is 0 Å². The van der Waals surface area contributed by atoms with E-state index in [0.717, 1.165) is 19.3 Å². The fourth-order valence-electron chi connectivity index (χ4n) is 2.03. The van der Waals surface area contributed by atoms with E-state index in [1.165, 1.54) is 6.42 Å². The quantitative estimate of drug-likeness (QED) is 0.641. The van der Waals surface area contributed by atoms with Gasteiger partial charge in [0.25, 0.3) is 0 Å². The van der Waals surface area contributed by atoms with Crippen LogP contribution in [0.3, 0.4) is 0 Å². The highest BCUT2D eigenvalue weighted by molar-refractivity contribution is 5.81. The van der Waals surface area contributed by atoms with E-state index in [9.17, 15) is 4.79 Å². The van der Waals surface area contributed by atoms with Gasteiger partial charge in [-0.3, -0.25) is 4.79 Å². The number of carbonyl (C=O) groups is 1. The molecule has 1 aliphatic rings. The SMILES string of the molecule is [2H]CCC(C)(C)C1CC[C@H](C)C(=O)C1. The Bertz CT molecular complexity index is 210. The molecule has 0 amide bonds. The molecule has 0 aliphatic heterocycles. The van der Waals surface area contributed by atoms with Crippen molar-refractivity contribution in [3.05, 3.63) is 0 Å². The largest absolute Gasteiger partial charge is 0.299 e. The topological polar surface area (TPSA) is 17.1 Å². The van der Waals surface area contributed by atoms with Gasteiger partial charge in [0.05, 0.1) is 0 Å². The molecule has 0 aromatic rings. The van der Waals surface area contributed by atoms with Gasteiger partial charge in [0.2, 0.25) is 0 Å². The van der Waals surface area contributed by atoms with Gasteiger partial charge in [-0.25, -0.2) is 0 Å². The monoisotopic (exact) mass is 183 g/mol. The van der Waals surface area contributed by atoms with E-state index >= 15 is 0 Å². The highest BCUT2D eigenvalue weighted by Gasteiger charge is 2.34. The Balaban J connectivity index is 2.57. The third-order valence-electron chi connectivity index (χ3n) is 3.69. The van der Waals surface area contributed by atoms with Crippen molar-refractivity contribution < 1.29 is 6.17 Å². The van der Waals surface area contributed by atoms with Gasteiger partial charge in [-0.05, 0) is 24.2 Å². The van der Waals surface area contributed by atoms with E-state index in [4.69, 9.17) is 1.37 Å². The summed E-state index contributed by atoms with van der Waals surface area (Å²) in [7, 11) is 0. The van der Waals surface area contributed by atoms with Gasteiger partial charge in [-0.2, -0.15) is 0 Å². The van der Waals surface area contributed by atoms with Gasteiger partial charge in [-0.15, -0.1) is 0 Å². The fourth-order valence-corrected chi connectivity index (χ4v) is 2.03. The first kappa shape index (κ1) is 9.23. The molecular formula is C12H22O. The van der Waals surface area contributed by atoms with Crippen molar-refractivity contribution in [3.8, 4) is 0 Å². The van der Waals surface area contributed by atoms with Gasteiger partial charge in [0.1, 0.15) is 5.78 Å². The van der Waals surface area contributed by atoms with Gasteiger partial charge >= 0.3 is 0 Å². The number of Topliss-reactive ketones (excluding diaryl/α,β-unsaturated/α-hetero) is 1. The molecule has 1 nitrogen and oxygen atoms in total. The minimum Gasteiger partial charge on any atom is -0.299 e. The Morgan fingerprint density at radius 1 is 1.54 bits per heavy atom. The maximum Gasteiger partial charge on any atom is 0.135 e. The van der Waals surface area contributed by atoms with Crippen LogP contribution in [0.1, 0.15) is 54.7 Å². The van der Waals surface area contributed by atoms with Crippen LogP contribution >= 0.6 is 0 Å². The van der Waals surface area contributed by atoms with Gasteiger partial charge in [-0.1, -0.05) is 34.1 Å². The standard InChI is InChI=1S/C12H22O/c1-5-12(3,4)10-7-6-9(2)11(13)8-10/h9-10H,5-8H2,1-4H3/t9-,10?/m0/s1/i1D. The molecular weight excluding hydrogens is 160 g/mol. The molecule has 0 bridgehead atoms. The van der Waals surface area contributed by atoms with Crippen molar-refractivity contribution in [2.24, 2.45) is 17.3 Å². The lowest BCUT2D eigenvalue weighted by molar-refractivity contribution is -0.127. The van der Waals surface area contributed by atoms with Crippen molar-refractivity contribution in [2.75, 3.05) is 0 Å². The number of hydrogen-bond acceptors (Lipinski definition) is 1. The predicted molar refractivity (Wildman–Crippen MR) is 55.6 cm³/mol. The summed E-state index contributed by atoms with van der Waals surface area (Å²) in [5.74, 6) is 1.22. The van der Waals surface area contributed by atoms with Gasteiger partial charge < -0.3 is 0 Å². The normalized spacial score (nSPS) is 31.6. The second-order valence-corrected chi connectivity index (χ2v) is 5.08. The summed E-state index contributed by atoms with van der Waals surface area (Å²) in [5, 5.41) is 0. The first-order chi connectivity index (χ1) is 6.47. The fraction of sp³-hybridized carbons (Fsp3) is 0.917. The third-order valence-corrected chi connectivity index (χ3v) is 3.69. The smallest absolute Gasteiger partial charge is 0.135 e. The molecule has 0 aromatic heterocycles. The molecule has 0 heterocycles. The minimum atomic E-state index is 0.178. The van der Waals surface area contributed by atoms with Crippen LogP contribution in [0.5, 0.6) is 0 Å². The molecule has 0 saturated heterocycles. The number of rotatable bonds is 2. The average molecular weight is 183 g/mol. The molecule has 0 aromatic carbocycles. The molecule has 1 aliphatic carbocycles. The predicted octanol–water partition coefficient (Wildman–Crippen LogP) is 3.43. The zero-order valence-corrected chi connectivity index (χ0v) is 9.10. The van der Waals surface area contributed by atoms with Crippen LogP contribution in [-0.4, -0.2) is 5.78 Å². The maximum atomic E-state index is 11.6. The van der Waals surface area contributed by atoms with E-state index in [1.807, 2.05) is 6.92 Å². The second-order valence-electron chi connectivity index (χ2n) is 5.08. The van der Waals surface area contributed by atoms with Crippen LogP contribution in [0.2, 0.25) is 0 Å². The number of carbonyl (C=O) groups excluding carboxylic acids is 1. The molecule has 0 spiro atoms. The van der Waals surface area contributed by atoms with E-state index < -0.39 is 0 Å².